The van der Waals surface area contributed by atoms with Crippen molar-refractivity contribution < 1.29 is 19.1 Å². The predicted molar refractivity (Wildman–Crippen MR) is 106 cm³/mol. The Hall–Kier alpha value is -2.54. The van der Waals surface area contributed by atoms with Gasteiger partial charge in [-0.25, -0.2) is 9.59 Å². The molecular formula is C21H29N3O4. The summed E-state index contributed by atoms with van der Waals surface area (Å²) in [7, 11) is 1.66. The van der Waals surface area contributed by atoms with Gasteiger partial charge in [-0.2, -0.15) is 0 Å². The number of amides is 2. The highest BCUT2D eigenvalue weighted by Crippen LogP contribution is 2.34. The molecular weight excluding hydrogens is 358 g/mol. The first-order valence-electron chi connectivity index (χ1n) is 9.93. The monoisotopic (exact) mass is 387 g/mol. The van der Waals surface area contributed by atoms with Crippen LogP contribution in [0.4, 0.5) is 4.79 Å². The number of ether oxygens (including phenoxy) is 2. The zero-order valence-corrected chi connectivity index (χ0v) is 16.8. The van der Waals surface area contributed by atoms with Crippen molar-refractivity contribution in [1.29, 1.82) is 0 Å². The second-order valence-electron chi connectivity index (χ2n) is 7.08. The Morgan fingerprint density at radius 3 is 2.86 bits per heavy atom. The first kappa shape index (κ1) is 20.2. The molecule has 28 heavy (non-hydrogen) atoms. The van der Waals surface area contributed by atoms with Crippen LogP contribution in [0.25, 0.3) is 0 Å². The van der Waals surface area contributed by atoms with E-state index in [-0.39, 0.29) is 24.1 Å². The van der Waals surface area contributed by atoms with Crippen molar-refractivity contribution in [1.82, 2.24) is 15.5 Å². The molecule has 0 saturated carbocycles. The van der Waals surface area contributed by atoms with Crippen molar-refractivity contribution in [3.63, 3.8) is 0 Å². The lowest BCUT2D eigenvalue weighted by atomic mass is 9.99. The molecule has 7 heteroatoms. The van der Waals surface area contributed by atoms with Crippen molar-refractivity contribution in [2.75, 3.05) is 26.8 Å². The van der Waals surface area contributed by atoms with Crippen molar-refractivity contribution in [3.05, 3.63) is 41.1 Å². The standard InChI is InChI=1S/C21H29N3O4/c1-4-16-19(20(25)28-5-2)17(23-21(26)22-16)13-24-11-7-10-18(24)14-8-6-9-15(12-14)27-3/h6,8-9,12,16,18H,4-5,7,10-11,13H2,1-3H3,(H2,22,23,26). The maximum absolute atomic E-state index is 12.6. The minimum atomic E-state index is -0.367. The fourth-order valence-electron chi connectivity index (χ4n) is 4.03. The van der Waals surface area contributed by atoms with Crippen LogP contribution in [-0.2, 0) is 9.53 Å². The van der Waals surface area contributed by atoms with Gasteiger partial charge in [-0.05, 0) is 50.4 Å². The normalized spacial score (nSPS) is 22.6. The molecule has 0 spiro atoms. The SMILES string of the molecule is CCOC(=O)C1=C(CN2CCCC2c2cccc(OC)c2)NC(=O)NC1CC. The summed E-state index contributed by atoms with van der Waals surface area (Å²) in [5, 5.41) is 5.68. The van der Waals surface area contributed by atoms with E-state index in [1.807, 2.05) is 19.1 Å². The summed E-state index contributed by atoms with van der Waals surface area (Å²) < 4.78 is 10.6. The molecule has 7 nitrogen and oxygen atoms in total. The number of hydrogen-bond donors (Lipinski definition) is 2. The molecule has 2 aliphatic rings. The Labute approximate surface area is 166 Å². The fourth-order valence-corrected chi connectivity index (χ4v) is 4.03. The number of nitrogens with one attached hydrogen (secondary N) is 2. The molecule has 2 amide bonds. The molecule has 0 radical (unpaired) electrons. The average Bonchev–Trinajstić information content (AvgIpc) is 3.15. The molecule has 2 N–H and O–H groups in total. The highest BCUT2D eigenvalue weighted by molar-refractivity contribution is 5.94. The lowest BCUT2D eigenvalue weighted by molar-refractivity contribution is -0.139. The highest BCUT2D eigenvalue weighted by atomic mass is 16.5. The van der Waals surface area contributed by atoms with Crippen molar-refractivity contribution in [2.45, 2.75) is 45.2 Å². The van der Waals surface area contributed by atoms with Crippen LogP contribution < -0.4 is 15.4 Å². The number of benzene rings is 1. The van der Waals surface area contributed by atoms with E-state index in [4.69, 9.17) is 9.47 Å². The molecule has 1 aromatic carbocycles. The summed E-state index contributed by atoms with van der Waals surface area (Å²) >= 11 is 0. The van der Waals surface area contributed by atoms with Gasteiger partial charge in [0.05, 0.1) is 25.3 Å². The van der Waals surface area contributed by atoms with Gasteiger partial charge in [-0.15, -0.1) is 0 Å². The number of likely N-dealkylation sites (tertiary alicyclic amines) is 1. The molecule has 2 atom stereocenters. The van der Waals surface area contributed by atoms with Gasteiger partial charge in [-0.1, -0.05) is 19.1 Å². The molecule has 1 saturated heterocycles. The van der Waals surface area contributed by atoms with E-state index in [1.54, 1.807) is 14.0 Å². The van der Waals surface area contributed by atoms with Gasteiger partial charge in [0.2, 0.25) is 0 Å². The van der Waals surface area contributed by atoms with Crippen LogP contribution in [0.3, 0.4) is 0 Å². The van der Waals surface area contributed by atoms with Gasteiger partial charge in [-0.3, -0.25) is 4.90 Å². The number of esters is 1. The molecule has 0 aromatic heterocycles. The van der Waals surface area contributed by atoms with Crippen LogP contribution >= 0.6 is 0 Å². The maximum atomic E-state index is 12.6. The number of methoxy groups -OCH3 is 1. The van der Waals surface area contributed by atoms with Crippen LogP contribution in [0.5, 0.6) is 5.75 Å². The number of carbonyl (C=O) groups excluding carboxylic acids is 2. The van der Waals surface area contributed by atoms with E-state index in [9.17, 15) is 9.59 Å². The molecule has 3 rings (SSSR count). The van der Waals surface area contributed by atoms with Gasteiger partial charge in [0.1, 0.15) is 5.75 Å². The summed E-state index contributed by atoms with van der Waals surface area (Å²) in [6.45, 7) is 5.44. The first-order chi connectivity index (χ1) is 13.6. The minimum absolute atomic E-state index is 0.220. The number of carbonyl (C=O) groups is 2. The van der Waals surface area contributed by atoms with E-state index >= 15 is 0 Å². The van der Waals surface area contributed by atoms with E-state index in [1.165, 1.54) is 5.56 Å². The highest BCUT2D eigenvalue weighted by Gasteiger charge is 2.34. The lowest BCUT2D eigenvalue weighted by Gasteiger charge is -2.32. The van der Waals surface area contributed by atoms with Crippen molar-refractivity contribution in [3.8, 4) is 5.75 Å². The Balaban J connectivity index is 1.88. The summed E-state index contributed by atoms with van der Waals surface area (Å²) in [5.41, 5.74) is 2.35. The van der Waals surface area contributed by atoms with E-state index in [0.29, 0.717) is 30.8 Å². The molecule has 1 fully saturated rings. The summed E-state index contributed by atoms with van der Waals surface area (Å²) in [5.74, 6) is 0.464. The third-order valence-electron chi connectivity index (χ3n) is 5.35. The largest absolute Gasteiger partial charge is 0.497 e. The van der Waals surface area contributed by atoms with E-state index in [0.717, 1.165) is 25.1 Å². The van der Waals surface area contributed by atoms with Crippen LogP contribution in [0, 0.1) is 0 Å². The Kier molecular flexibility index (Phi) is 6.57. The summed E-state index contributed by atoms with van der Waals surface area (Å²) in [6, 6.07) is 7.70. The van der Waals surface area contributed by atoms with Gasteiger partial charge < -0.3 is 20.1 Å². The van der Waals surface area contributed by atoms with Crippen LogP contribution in [0.2, 0.25) is 0 Å². The quantitative estimate of drug-likeness (QED) is 0.704. The molecule has 0 bridgehead atoms. The van der Waals surface area contributed by atoms with Gasteiger partial charge in [0.25, 0.3) is 0 Å². The minimum Gasteiger partial charge on any atom is -0.497 e. The number of urea groups is 1. The third kappa shape index (κ3) is 4.30. The first-order valence-corrected chi connectivity index (χ1v) is 9.93. The number of rotatable bonds is 7. The van der Waals surface area contributed by atoms with Crippen LogP contribution in [-0.4, -0.2) is 49.7 Å². The second kappa shape index (κ2) is 9.10. The summed E-state index contributed by atoms with van der Waals surface area (Å²) in [6.07, 6.45) is 2.72. The molecule has 2 unspecified atom stereocenters. The molecule has 1 aromatic rings. The average molecular weight is 387 g/mol. The molecule has 2 aliphatic heterocycles. The summed E-state index contributed by atoms with van der Waals surface area (Å²) in [4.78, 5) is 27.0. The lowest BCUT2D eigenvalue weighted by Crippen LogP contribution is -2.52. The van der Waals surface area contributed by atoms with Gasteiger partial charge >= 0.3 is 12.0 Å². The Morgan fingerprint density at radius 1 is 1.32 bits per heavy atom. The van der Waals surface area contributed by atoms with E-state index < -0.39 is 0 Å². The molecule has 2 heterocycles. The van der Waals surface area contributed by atoms with Crippen LogP contribution in [0.15, 0.2) is 35.5 Å². The molecule has 0 aliphatic carbocycles. The van der Waals surface area contributed by atoms with Gasteiger partial charge in [0.15, 0.2) is 0 Å². The third-order valence-corrected chi connectivity index (χ3v) is 5.35. The topological polar surface area (TPSA) is 79.9 Å². The second-order valence-corrected chi connectivity index (χ2v) is 7.08. The number of nitrogens with zero attached hydrogens (tertiary/aromatic N) is 1. The zero-order chi connectivity index (χ0) is 20.1. The zero-order valence-electron chi connectivity index (χ0n) is 16.8. The molecule has 152 valence electrons. The fraction of sp³-hybridized carbons (Fsp3) is 0.524. The van der Waals surface area contributed by atoms with E-state index in [2.05, 4.69) is 27.7 Å². The van der Waals surface area contributed by atoms with Gasteiger partial charge in [0, 0.05) is 18.3 Å². The maximum Gasteiger partial charge on any atom is 0.337 e. The Bertz CT molecular complexity index is 762. The predicted octanol–water partition coefficient (Wildman–Crippen LogP) is 2.74. The number of hydrogen-bond acceptors (Lipinski definition) is 5. The van der Waals surface area contributed by atoms with Crippen molar-refractivity contribution in [2.24, 2.45) is 0 Å². The Morgan fingerprint density at radius 2 is 2.14 bits per heavy atom. The van der Waals surface area contributed by atoms with Crippen molar-refractivity contribution >= 4 is 12.0 Å². The smallest absolute Gasteiger partial charge is 0.337 e. The van der Waals surface area contributed by atoms with Crippen LogP contribution in [0.1, 0.15) is 44.7 Å².